The van der Waals surface area contributed by atoms with Gasteiger partial charge in [-0.3, -0.25) is 19.7 Å². The van der Waals surface area contributed by atoms with E-state index in [4.69, 9.17) is 5.11 Å². The molecule has 9 nitrogen and oxygen atoms in total. The molecular formula is C23H17N3O6. The number of hydrogen-bond acceptors (Lipinski definition) is 5. The van der Waals surface area contributed by atoms with Crippen LogP contribution in [0.15, 0.2) is 78.9 Å². The summed E-state index contributed by atoms with van der Waals surface area (Å²) in [5, 5.41) is 25.0. The Morgan fingerprint density at radius 1 is 0.906 bits per heavy atom. The van der Waals surface area contributed by atoms with Gasteiger partial charge in [0.05, 0.1) is 21.7 Å². The van der Waals surface area contributed by atoms with Crippen LogP contribution in [0.4, 0.5) is 17.1 Å². The molecule has 0 aliphatic rings. The third-order valence-corrected chi connectivity index (χ3v) is 4.33. The topological polar surface area (TPSA) is 139 Å². The number of carbonyl (C=O) groups is 3. The van der Waals surface area contributed by atoms with E-state index < -0.39 is 22.7 Å². The van der Waals surface area contributed by atoms with Crippen molar-refractivity contribution in [3.8, 4) is 0 Å². The molecule has 0 heterocycles. The van der Waals surface area contributed by atoms with Gasteiger partial charge in [0.1, 0.15) is 0 Å². The number of hydrogen-bond donors (Lipinski definition) is 3. The summed E-state index contributed by atoms with van der Waals surface area (Å²) in [6.45, 7) is 0. The lowest BCUT2D eigenvalue weighted by Gasteiger charge is -2.11. The minimum atomic E-state index is -1.12. The van der Waals surface area contributed by atoms with Gasteiger partial charge in [-0.05, 0) is 54.1 Å². The number of rotatable bonds is 7. The average Bonchev–Trinajstić information content (AvgIpc) is 2.78. The SMILES string of the molecule is O=C(C=Cc1ccc([N+](=O)[O-])cc1)Nc1ccccc1C(=O)Nc1cccc(C(=O)O)c1. The van der Waals surface area contributed by atoms with Gasteiger partial charge in [0.15, 0.2) is 0 Å². The second-order valence-electron chi connectivity index (χ2n) is 6.56. The summed E-state index contributed by atoms with van der Waals surface area (Å²) in [5.41, 5.74) is 1.31. The molecule has 0 saturated heterocycles. The molecule has 3 rings (SSSR count). The molecule has 0 aromatic heterocycles. The van der Waals surface area contributed by atoms with E-state index in [1.54, 1.807) is 24.3 Å². The third-order valence-electron chi connectivity index (χ3n) is 4.33. The first-order valence-corrected chi connectivity index (χ1v) is 9.31. The van der Waals surface area contributed by atoms with Crippen LogP contribution in [-0.2, 0) is 4.79 Å². The first-order chi connectivity index (χ1) is 15.3. The lowest BCUT2D eigenvalue weighted by molar-refractivity contribution is -0.384. The first kappa shape index (κ1) is 21.9. The largest absolute Gasteiger partial charge is 0.478 e. The first-order valence-electron chi connectivity index (χ1n) is 9.31. The van der Waals surface area contributed by atoms with Crippen LogP contribution in [0.25, 0.3) is 6.08 Å². The van der Waals surface area contributed by atoms with E-state index in [1.165, 1.54) is 60.7 Å². The molecule has 0 fully saturated rings. The maximum atomic E-state index is 12.7. The van der Waals surface area contributed by atoms with Crippen molar-refractivity contribution in [2.45, 2.75) is 0 Å². The highest BCUT2D eigenvalue weighted by Gasteiger charge is 2.13. The number of nitrogens with zero attached hydrogens (tertiary/aromatic N) is 1. The number of amides is 2. The number of nitrogens with one attached hydrogen (secondary N) is 2. The maximum absolute atomic E-state index is 12.7. The lowest BCUT2D eigenvalue weighted by Crippen LogP contribution is -2.17. The molecule has 32 heavy (non-hydrogen) atoms. The van der Waals surface area contributed by atoms with Gasteiger partial charge in [-0.1, -0.05) is 18.2 Å². The van der Waals surface area contributed by atoms with Crippen LogP contribution in [0.2, 0.25) is 0 Å². The Bertz CT molecular complexity index is 1220. The van der Waals surface area contributed by atoms with Crippen molar-refractivity contribution in [2.24, 2.45) is 0 Å². The molecule has 3 aromatic rings. The molecule has 0 bridgehead atoms. The fourth-order valence-electron chi connectivity index (χ4n) is 2.77. The van der Waals surface area contributed by atoms with Gasteiger partial charge >= 0.3 is 5.97 Å². The van der Waals surface area contributed by atoms with Gasteiger partial charge in [0.2, 0.25) is 5.91 Å². The molecule has 3 N–H and O–H groups in total. The van der Waals surface area contributed by atoms with E-state index in [0.717, 1.165) is 0 Å². The van der Waals surface area contributed by atoms with Crippen molar-refractivity contribution in [3.05, 3.63) is 106 Å². The minimum absolute atomic E-state index is 0.0285. The number of nitro groups is 1. The summed E-state index contributed by atoms with van der Waals surface area (Å²) in [5.74, 6) is -2.15. The monoisotopic (exact) mass is 431 g/mol. The van der Waals surface area contributed by atoms with E-state index in [2.05, 4.69) is 10.6 Å². The standard InChI is InChI=1S/C23H17N3O6/c27-21(13-10-15-8-11-18(12-9-15)26(31)32)25-20-7-2-1-6-19(20)22(28)24-17-5-3-4-16(14-17)23(29)30/h1-14H,(H,24,28)(H,25,27)(H,29,30). The fraction of sp³-hybridized carbons (Fsp3) is 0. The molecule has 0 radical (unpaired) electrons. The summed E-state index contributed by atoms with van der Waals surface area (Å²) in [6.07, 6.45) is 2.73. The Kier molecular flexibility index (Phi) is 6.72. The van der Waals surface area contributed by atoms with Gasteiger partial charge in [-0.15, -0.1) is 0 Å². The molecule has 0 spiro atoms. The van der Waals surface area contributed by atoms with E-state index in [1.807, 2.05) is 0 Å². The van der Waals surface area contributed by atoms with E-state index >= 15 is 0 Å². The number of non-ortho nitro benzene ring substituents is 1. The Hall–Kier alpha value is -4.79. The molecule has 0 saturated carbocycles. The molecule has 0 unspecified atom stereocenters. The quantitative estimate of drug-likeness (QED) is 0.291. The number of anilines is 2. The van der Waals surface area contributed by atoms with E-state index in [0.29, 0.717) is 11.3 Å². The number of carboxylic acid groups (broad SMARTS) is 1. The normalized spacial score (nSPS) is 10.5. The third kappa shape index (κ3) is 5.63. The second kappa shape index (κ2) is 9.81. The van der Waals surface area contributed by atoms with Gasteiger partial charge in [-0.2, -0.15) is 0 Å². The molecule has 3 aromatic carbocycles. The Morgan fingerprint density at radius 2 is 1.62 bits per heavy atom. The predicted molar refractivity (Wildman–Crippen MR) is 119 cm³/mol. The Morgan fingerprint density at radius 3 is 2.31 bits per heavy atom. The zero-order valence-corrected chi connectivity index (χ0v) is 16.5. The molecule has 0 atom stereocenters. The zero-order chi connectivity index (χ0) is 23.1. The van der Waals surface area contributed by atoms with Gasteiger partial charge < -0.3 is 15.7 Å². The van der Waals surface area contributed by atoms with Crippen molar-refractivity contribution >= 4 is 40.9 Å². The zero-order valence-electron chi connectivity index (χ0n) is 16.5. The molecule has 160 valence electrons. The molecular weight excluding hydrogens is 414 g/mol. The molecule has 9 heteroatoms. The molecule has 2 amide bonds. The Labute approximate surface area is 182 Å². The summed E-state index contributed by atoms with van der Waals surface area (Å²) in [6, 6.07) is 17.8. The van der Waals surface area contributed by atoms with Crippen molar-refractivity contribution < 1.29 is 24.4 Å². The van der Waals surface area contributed by atoms with Crippen molar-refractivity contribution in [1.29, 1.82) is 0 Å². The van der Waals surface area contributed by atoms with Gasteiger partial charge in [0, 0.05) is 23.9 Å². The summed E-state index contributed by atoms with van der Waals surface area (Å²) < 4.78 is 0. The van der Waals surface area contributed by atoms with Crippen LogP contribution in [0.1, 0.15) is 26.3 Å². The van der Waals surface area contributed by atoms with Crippen LogP contribution in [-0.4, -0.2) is 27.8 Å². The fourth-order valence-corrected chi connectivity index (χ4v) is 2.77. The van der Waals surface area contributed by atoms with Crippen LogP contribution < -0.4 is 10.6 Å². The van der Waals surface area contributed by atoms with E-state index in [-0.39, 0.29) is 22.5 Å². The maximum Gasteiger partial charge on any atom is 0.335 e. The highest BCUT2D eigenvalue weighted by atomic mass is 16.6. The van der Waals surface area contributed by atoms with Crippen molar-refractivity contribution in [3.63, 3.8) is 0 Å². The van der Waals surface area contributed by atoms with Crippen molar-refractivity contribution in [2.75, 3.05) is 10.6 Å². The van der Waals surface area contributed by atoms with Crippen LogP contribution >= 0.6 is 0 Å². The molecule has 0 aliphatic heterocycles. The number of aromatic carboxylic acids is 1. The summed E-state index contributed by atoms with van der Waals surface area (Å²) in [7, 11) is 0. The summed E-state index contributed by atoms with van der Waals surface area (Å²) >= 11 is 0. The number of nitro benzene ring substituents is 1. The lowest BCUT2D eigenvalue weighted by atomic mass is 10.1. The van der Waals surface area contributed by atoms with Crippen LogP contribution in [0.3, 0.4) is 0 Å². The predicted octanol–water partition coefficient (Wildman–Crippen LogP) is 4.20. The second-order valence-corrected chi connectivity index (χ2v) is 6.56. The number of carboxylic acids is 1. The number of benzene rings is 3. The minimum Gasteiger partial charge on any atom is -0.478 e. The number of para-hydroxylation sites is 1. The van der Waals surface area contributed by atoms with Gasteiger partial charge in [-0.25, -0.2) is 4.79 Å². The van der Waals surface area contributed by atoms with Crippen LogP contribution in [0, 0.1) is 10.1 Å². The average molecular weight is 431 g/mol. The smallest absolute Gasteiger partial charge is 0.335 e. The number of carbonyl (C=O) groups excluding carboxylic acids is 2. The summed E-state index contributed by atoms with van der Waals surface area (Å²) in [4.78, 5) is 46.3. The van der Waals surface area contributed by atoms with Crippen molar-refractivity contribution in [1.82, 2.24) is 0 Å². The Balaban J connectivity index is 1.71. The molecule has 0 aliphatic carbocycles. The highest BCUT2D eigenvalue weighted by molar-refractivity contribution is 6.12. The highest BCUT2D eigenvalue weighted by Crippen LogP contribution is 2.19. The van der Waals surface area contributed by atoms with Gasteiger partial charge in [0.25, 0.3) is 11.6 Å². The van der Waals surface area contributed by atoms with Crippen LogP contribution in [0.5, 0.6) is 0 Å². The van der Waals surface area contributed by atoms with E-state index in [9.17, 15) is 24.5 Å².